The van der Waals surface area contributed by atoms with Gasteiger partial charge in [0.1, 0.15) is 5.82 Å². The number of rotatable bonds is 8. The number of carbonyl (C=O) groups is 2. The van der Waals surface area contributed by atoms with E-state index >= 15 is 0 Å². The molecule has 1 atom stereocenters. The summed E-state index contributed by atoms with van der Waals surface area (Å²) in [4.78, 5) is 30.8. The van der Waals surface area contributed by atoms with Crippen molar-refractivity contribution < 1.29 is 14.7 Å². The second kappa shape index (κ2) is 10.0. The molecule has 0 bridgehead atoms. The average molecular weight is 425 g/mol. The molecule has 2 heterocycles. The first-order valence-corrected chi connectivity index (χ1v) is 9.95. The lowest BCUT2D eigenvalue weighted by Gasteiger charge is -2.15. The van der Waals surface area contributed by atoms with Gasteiger partial charge in [0, 0.05) is 42.9 Å². The van der Waals surface area contributed by atoms with Crippen molar-refractivity contribution in [2.24, 2.45) is 0 Å². The summed E-state index contributed by atoms with van der Waals surface area (Å²) in [5.41, 5.74) is 1.70. The van der Waals surface area contributed by atoms with Crippen molar-refractivity contribution in [3.63, 3.8) is 0 Å². The number of aliphatic hydroxyl groups excluding tert-OH is 1. The number of nitrogens with zero attached hydrogens (tertiary/aromatic N) is 5. The van der Waals surface area contributed by atoms with Crippen LogP contribution in [0.5, 0.6) is 0 Å². The predicted octanol–water partition coefficient (Wildman–Crippen LogP) is 1.27. The fraction of sp³-hybridized carbons (Fsp3) is 0.333. The van der Waals surface area contributed by atoms with Crippen LogP contribution in [-0.4, -0.2) is 67.9 Å². The lowest BCUT2D eigenvalue weighted by Crippen LogP contribution is -2.30. The van der Waals surface area contributed by atoms with E-state index in [1.54, 1.807) is 30.6 Å². The van der Waals surface area contributed by atoms with Crippen molar-refractivity contribution in [1.82, 2.24) is 24.2 Å². The zero-order valence-electron chi connectivity index (χ0n) is 17.8. The van der Waals surface area contributed by atoms with Crippen molar-refractivity contribution >= 4 is 23.2 Å². The maximum atomic E-state index is 12.3. The summed E-state index contributed by atoms with van der Waals surface area (Å²) in [6.07, 6.45) is 6.00. The molecule has 0 aliphatic heterocycles. The Hall–Kier alpha value is -3.50. The normalized spacial score (nSPS) is 12.0. The van der Waals surface area contributed by atoms with Crippen LogP contribution >= 0.6 is 0 Å². The SMILES string of the molecule is CCn1ccnc1-c1cccc(NC(=O)C(=O)Nc2cnn(CC(O)CN(C)C)c2)c1. The largest absolute Gasteiger partial charge is 0.390 e. The van der Waals surface area contributed by atoms with E-state index in [2.05, 4.69) is 20.7 Å². The maximum absolute atomic E-state index is 12.3. The molecule has 31 heavy (non-hydrogen) atoms. The van der Waals surface area contributed by atoms with Crippen molar-refractivity contribution in [3.05, 3.63) is 49.1 Å². The summed E-state index contributed by atoms with van der Waals surface area (Å²) in [5.74, 6) is -0.822. The molecule has 0 radical (unpaired) electrons. The van der Waals surface area contributed by atoms with Gasteiger partial charge in [0.15, 0.2) is 0 Å². The molecule has 0 saturated carbocycles. The number of anilines is 2. The first-order chi connectivity index (χ1) is 14.9. The number of amides is 2. The van der Waals surface area contributed by atoms with Gasteiger partial charge >= 0.3 is 11.8 Å². The topological polar surface area (TPSA) is 117 Å². The van der Waals surface area contributed by atoms with Crippen LogP contribution in [0.2, 0.25) is 0 Å². The van der Waals surface area contributed by atoms with Gasteiger partial charge in [-0.3, -0.25) is 14.3 Å². The number of carbonyl (C=O) groups excluding carboxylic acids is 2. The molecule has 0 fully saturated rings. The average Bonchev–Trinajstić information content (AvgIpc) is 3.36. The fourth-order valence-corrected chi connectivity index (χ4v) is 3.16. The fourth-order valence-electron chi connectivity index (χ4n) is 3.16. The van der Waals surface area contributed by atoms with Gasteiger partial charge in [-0.25, -0.2) is 4.98 Å². The summed E-state index contributed by atoms with van der Waals surface area (Å²) in [6.45, 7) is 3.56. The molecule has 10 heteroatoms. The van der Waals surface area contributed by atoms with Gasteiger partial charge in [-0.15, -0.1) is 0 Å². The van der Waals surface area contributed by atoms with E-state index < -0.39 is 17.9 Å². The quantitative estimate of drug-likeness (QED) is 0.468. The van der Waals surface area contributed by atoms with E-state index in [-0.39, 0.29) is 6.54 Å². The summed E-state index contributed by atoms with van der Waals surface area (Å²) in [6, 6.07) is 7.16. The van der Waals surface area contributed by atoms with Crippen LogP contribution in [0.25, 0.3) is 11.4 Å². The first kappa shape index (κ1) is 22.2. The minimum atomic E-state index is -0.811. The summed E-state index contributed by atoms with van der Waals surface area (Å²) < 4.78 is 3.50. The lowest BCUT2D eigenvalue weighted by molar-refractivity contribution is -0.132. The molecule has 1 unspecified atom stereocenters. The third kappa shape index (κ3) is 6.00. The van der Waals surface area contributed by atoms with Crippen molar-refractivity contribution in [1.29, 1.82) is 0 Å². The molecule has 0 aliphatic rings. The Morgan fingerprint density at radius 3 is 2.65 bits per heavy atom. The predicted molar refractivity (Wildman–Crippen MR) is 117 cm³/mol. The highest BCUT2D eigenvalue weighted by Crippen LogP contribution is 2.21. The number of nitrogens with one attached hydrogen (secondary N) is 2. The van der Waals surface area contributed by atoms with Crippen molar-refractivity contribution in [2.75, 3.05) is 31.3 Å². The number of likely N-dealkylation sites (N-methyl/N-ethyl adjacent to an activating group) is 1. The van der Waals surface area contributed by atoms with E-state index in [1.165, 1.54) is 10.9 Å². The maximum Gasteiger partial charge on any atom is 0.314 e. The molecular formula is C21H27N7O3. The number of hydrogen-bond acceptors (Lipinski definition) is 6. The van der Waals surface area contributed by atoms with Crippen LogP contribution in [0.15, 0.2) is 49.1 Å². The van der Waals surface area contributed by atoms with Gasteiger partial charge in [-0.05, 0) is 33.2 Å². The van der Waals surface area contributed by atoms with E-state index in [0.717, 1.165) is 17.9 Å². The Labute approximate surface area is 180 Å². The van der Waals surface area contributed by atoms with Gasteiger partial charge in [-0.2, -0.15) is 5.10 Å². The minimum Gasteiger partial charge on any atom is -0.390 e. The molecule has 3 rings (SSSR count). The Morgan fingerprint density at radius 1 is 1.19 bits per heavy atom. The molecule has 2 aromatic heterocycles. The van der Waals surface area contributed by atoms with Gasteiger partial charge < -0.3 is 25.2 Å². The Morgan fingerprint density at radius 2 is 1.94 bits per heavy atom. The van der Waals surface area contributed by atoms with Crippen LogP contribution in [0, 0.1) is 0 Å². The molecule has 3 N–H and O–H groups in total. The zero-order valence-corrected chi connectivity index (χ0v) is 17.8. The highest BCUT2D eigenvalue weighted by Gasteiger charge is 2.16. The smallest absolute Gasteiger partial charge is 0.314 e. The highest BCUT2D eigenvalue weighted by molar-refractivity contribution is 6.43. The van der Waals surface area contributed by atoms with Crippen molar-refractivity contribution in [2.45, 2.75) is 26.1 Å². The third-order valence-corrected chi connectivity index (χ3v) is 4.51. The van der Waals surface area contributed by atoms with Gasteiger partial charge in [0.25, 0.3) is 0 Å². The van der Waals surface area contributed by atoms with Crippen LogP contribution in [0.1, 0.15) is 6.92 Å². The summed E-state index contributed by atoms with van der Waals surface area (Å²) in [7, 11) is 3.73. The van der Waals surface area contributed by atoms with E-state index in [1.807, 2.05) is 42.7 Å². The lowest BCUT2D eigenvalue weighted by atomic mass is 10.2. The number of hydrogen-bond donors (Lipinski definition) is 3. The molecule has 164 valence electrons. The van der Waals surface area contributed by atoms with Crippen LogP contribution in [-0.2, 0) is 22.7 Å². The van der Waals surface area contributed by atoms with E-state index in [0.29, 0.717) is 17.9 Å². The second-order valence-electron chi connectivity index (χ2n) is 7.39. The minimum absolute atomic E-state index is 0.278. The molecule has 1 aromatic carbocycles. The summed E-state index contributed by atoms with van der Waals surface area (Å²) >= 11 is 0. The van der Waals surface area contributed by atoms with Gasteiger partial charge in [0.05, 0.1) is 24.5 Å². The number of aliphatic hydroxyl groups is 1. The van der Waals surface area contributed by atoms with Crippen LogP contribution < -0.4 is 10.6 Å². The van der Waals surface area contributed by atoms with Gasteiger partial charge in [0.2, 0.25) is 0 Å². The Kier molecular flexibility index (Phi) is 7.16. The van der Waals surface area contributed by atoms with Crippen LogP contribution in [0.4, 0.5) is 11.4 Å². The molecular weight excluding hydrogens is 398 g/mol. The zero-order chi connectivity index (χ0) is 22.4. The third-order valence-electron chi connectivity index (χ3n) is 4.51. The monoisotopic (exact) mass is 425 g/mol. The number of aryl methyl sites for hydroxylation is 1. The second-order valence-corrected chi connectivity index (χ2v) is 7.39. The van der Waals surface area contributed by atoms with Gasteiger partial charge in [-0.1, -0.05) is 12.1 Å². The molecule has 0 saturated heterocycles. The first-order valence-electron chi connectivity index (χ1n) is 9.95. The van der Waals surface area contributed by atoms with E-state index in [9.17, 15) is 14.7 Å². The number of benzene rings is 1. The molecule has 0 aliphatic carbocycles. The standard InChI is InChI=1S/C21H27N7O3/c1-4-27-9-8-22-19(27)15-6-5-7-16(10-15)24-20(30)21(31)25-17-11-23-28(12-17)14-18(29)13-26(2)3/h5-12,18,29H,4,13-14H2,1-3H3,(H,24,30)(H,25,31). The molecule has 10 nitrogen and oxygen atoms in total. The summed E-state index contributed by atoms with van der Waals surface area (Å²) in [5, 5.41) is 19.2. The highest BCUT2D eigenvalue weighted by atomic mass is 16.3. The van der Waals surface area contributed by atoms with E-state index in [4.69, 9.17) is 0 Å². The Balaban J connectivity index is 1.59. The molecule has 0 spiro atoms. The number of aromatic nitrogens is 4. The Bertz CT molecular complexity index is 1040. The van der Waals surface area contributed by atoms with Crippen molar-refractivity contribution in [3.8, 4) is 11.4 Å². The van der Waals surface area contributed by atoms with Crippen LogP contribution in [0.3, 0.4) is 0 Å². The molecule has 3 aromatic rings. The number of imidazole rings is 1. The molecule has 2 amide bonds.